The van der Waals surface area contributed by atoms with Crippen molar-refractivity contribution in [2.45, 2.75) is 213 Å². The van der Waals surface area contributed by atoms with Crippen LogP contribution >= 0.6 is 0 Å². The van der Waals surface area contributed by atoms with Crippen LogP contribution in [0.2, 0.25) is 0 Å². The van der Waals surface area contributed by atoms with Crippen LogP contribution in [0.15, 0.2) is 48.6 Å². The van der Waals surface area contributed by atoms with Gasteiger partial charge >= 0.3 is 17.9 Å². The molecule has 0 aliphatic heterocycles. The minimum Gasteiger partial charge on any atom is -0.462 e. The summed E-state index contributed by atoms with van der Waals surface area (Å²) in [6.07, 6.45) is 46.7. The van der Waals surface area contributed by atoms with Gasteiger partial charge in [0.2, 0.25) is 0 Å². The zero-order valence-corrected chi connectivity index (χ0v) is 34.1. The average Bonchev–Trinajstić information content (AvgIpc) is 3.14. The fourth-order valence-corrected chi connectivity index (χ4v) is 5.81. The average molecular weight is 729 g/mol. The molecule has 0 rings (SSSR count). The van der Waals surface area contributed by atoms with E-state index in [1.807, 2.05) is 0 Å². The number of ether oxygens (including phenoxy) is 3. The van der Waals surface area contributed by atoms with E-state index >= 15 is 0 Å². The third-order valence-corrected chi connectivity index (χ3v) is 9.07. The molecule has 1 unspecified atom stereocenters. The Hall–Kier alpha value is -2.63. The maximum absolute atomic E-state index is 12.6. The number of carbonyl (C=O) groups is 3. The lowest BCUT2D eigenvalue weighted by Gasteiger charge is -2.18. The first-order valence-electron chi connectivity index (χ1n) is 21.6. The van der Waals surface area contributed by atoms with Crippen molar-refractivity contribution >= 4 is 17.9 Å². The first kappa shape index (κ1) is 49.4. The van der Waals surface area contributed by atoms with E-state index in [1.54, 1.807) is 0 Å². The van der Waals surface area contributed by atoms with Crippen LogP contribution in [0.4, 0.5) is 0 Å². The second-order valence-corrected chi connectivity index (χ2v) is 14.2. The predicted octanol–water partition coefficient (Wildman–Crippen LogP) is 13.6. The molecule has 0 aromatic carbocycles. The number of hydrogen-bond acceptors (Lipinski definition) is 6. The second kappa shape index (κ2) is 41.1. The summed E-state index contributed by atoms with van der Waals surface area (Å²) < 4.78 is 16.6. The van der Waals surface area contributed by atoms with Gasteiger partial charge in [-0.3, -0.25) is 14.4 Å². The van der Waals surface area contributed by atoms with Gasteiger partial charge in [0.15, 0.2) is 6.10 Å². The van der Waals surface area contributed by atoms with Crippen molar-refractivity contribution in [1.82, 2.24) is 0 Å². The van der Waals surface area contributed by atoms with E-state index in [9.17, 15) is 14.4 Å². The quantitative estimate of drug-likeness (QED) is 0.0272. The first-order chi connectivity index (χ1) is 25.5. The number of hydrogen-bond donors (Lipinski definition) is 0. The smallest absolute Gasteiger partial charge is 0.306 e. The zero-order valence-electron chi connectivity index (χ0n) is 34.1. The SMILES string of the molecule is CC/C=C\C/C=C\C/C=C\CCCC(=O)OC(COC(=O)CCCCC/C=C\CCCCCCCC)COC(=O)CCCCCCCCCCCC. The van der Waals surface area contributed by atoms with Crippen LogP contribution < -0.4 is 0 Å². The summed E-state index contributed by atoms with van der Waals surface area (Å²) in [6, 6.07) is 0. The molecule has 0 aromatic heterocycles. The molecular weight excluding hydrogens is 648 g/mol. The highest BCUT2D eigenvalue weighted by Crippen LogP contribution is 2.13. The third kappa shape index (κ3) is 38.6. The number of esters is 3. The summed E-state index contributed by atoms with van der Waals surface area (Å²) in [6.45, 7) is 6.42. The Morgan fingerprint density at radius 3 is 1.27 bits per heavy atom. The second-order valence-electron chi connectivity index (χ2n) is 14.2. The number of rotatable bonds is 38. The molecule has 52 heavy (non-hydrogen) atoms. The minimum atomic E-state index is -0.799. The van der Waals surface area contributed by atoms with Crippen LogP contribution in [-0.4, -0.2) is 37.2 Å². The van der Waals surface area contributed by atoms with Gasteiger partial charge in [-0.15, -0.1) is 0 Å². The van der Waals surface area contributed by atoms with Crippen molar-refractivity contribution in [3.05, 3.63) is 48.6 Å². The Labute approximate surface area is 320 Å². The lowest BCUT2D eigenvalue weighted by atomic mass is 10.1. The first-order valence-corrected chi connectivity index (χ1v) is 21.6. The Morgan fingerprint density at radius 1 is 0.404 bits per heavy atom. The lowest BCUT2D eigenvalue weighted by molar-refractivity contribution is -0.167. The van der Waals surface area contributed by atoms with Gasteiger partial charge in [-0.1, -0.05) is 166 Å². The van der Waals surface area contributed by atoms with E-state index in [0.717, 1.165) is 77.0 Å². The van der Waals surface area contributed by atoms with Gasteiger partial charge in [0, 0.05) is 19.3 Å². The van der Waals surface area contributed by atoms with Crippen molar-refractivity contribution in [3.63, 3.8) is 0 Å². The van der Waals surface area contributed by atoms with Gasteiger partial charge in [-0.2, -0.15) is 0 Å². The standard InChI is InChI=1S/C46H80O6/c1-4-7-10-13-16-19-22-23-25-27-30-33-36-39-45(48)51-42-43(41-50-44(47)38-35-32-29-26-21-18-15-12-9-6-3)52-46(49)40-37-34-31-28-24-20-17-14-11-8-5-2/h8,11,17,20,23,25,28,31,43H,4-7,9-10,12-16,18-19,21-22,24,26-27,29-30,32-42H2,1-3H3/b11-8-,20-17-,25-23-,31-28-. The van der Waals surface area contributed by atoms with Crippen LogP contribution in [0, 0.1) is 0 Å². The Bertz CT molecular complexity index is 933. The molecule has 0 aliphatic rings. The molecule has 0 saturated heterocycles. The van der Waals surface area contributed by atoms with Crippen LogP contribution in [0.3, 0.4) is 0 Å². The van der Waals surface area contributed by atoms with Crippen molar-refractivity contribution < 1.29 is 28.6 Å². The summed E-state index contributed by atoms with van der Waals surface area (Å²) >= 11 is 0. The maximum atomic E-state index is 12.6. The molecule has 1 atom stereocenters. The molecule has 300 valence electrons. The summed E-state index contributed by atoms with van der Waals surface area (Å²) in [4.78, 5) is 37.6. The third-order valence-electron chi connectivity index (χ3n) is 9.07. The summed E-state index contributed by atoms with van der Waals surface area (Å²) in [7, 11) is 0. The van der Waals surface area contributed by atoms with E-state index in [-0.39, 0.29) is 37.5 Å². The fraction of sp³-hybridized carbons (Fsp3) is 0.761. The lowest BCUT2D eigenvalue weighted by Crippen LogP contribution is -2.30. The molecule has 6 heteroatoms. The van der Waals surface area contributed by atoms with Crippen molar-refractivity contribution in [2.24, 2.45) is 0 Å². The molecule has 0 bridgehead atoms. The molecule has 6 nitrogen and oxygen atoms in total. The van der Waals surface area contributed by atoms with Crippen molar-refractivity contribution in [2.75, 3.05) is 13.2 Å². The van der Waals surface area contributed by atoms with E-state index in [4.69, 9.17) is 14.2 Å². The van der Waals surface area contributed by atoms with Gasteiger partial charge in [0.05, 0.1) is 0 Å². The van der Waals surface area contributed by atoms with Gasteiger partial charge in [0.25, 0.3) is 0 Å². The summed E-state index contributed by atoms with van der Waals surface area (Å²) in [5, 5.41) is 0. The normalized spacial score (nSPS) is 12.4. The van der Waals surface area contributed by atoms with Crippen molar-refractivity contribution in [3.8, 4) is 0 Å². The predicted molar refractivity (Wildman–Crippen MR) is 219 cm³/mol. The summed E-state index contributed by atoms with van der Waals surface area (Å²) in [5.74, 6) is -0.974. The minimum absolute atomic E-state index is 0.0969. The largest absolute Gasteiger partial charge is 0.462 e. The topological polar surface area (TPSA) is 78.9 Å². The highest BCUT2D eigenvalue weighted by atomic mass is 16.6. The van der Waals surface area contributed by atoms with Gasteiger partial charge in [-0.05, 0) is 70.6 Å². The molecular formula is C46H80O6. The van der Waals surface area contributed by atoms with Gasteiger partial charge < -0.3 is 14.2 Å². The van der Waals surface area contributed by atoms with Crippen LogP contribution in [-0.2, 0) is 28.6 Å². The van der Waals surface area contributed by atoms with E-state index in [2.05, 4.69) is 69.4 Å². The number of allylic oxidation sites excluding steroid dienone is 8. The maximum Gasteiger partial charge on any atom is 0.306 e. The number of unbranched alkanes of at least 4 members (excludes halogenated alkanes) is 19. The highest BCUT2D eigenvalue weighted by molar-refractivity contribution is 5.71. The fourth-order valence-electron chi connectivity index (χ4n) is 5.81. The van der Waals surface area contributed by atoms with Gasteiger partial charge in [-0.25, -0.2) is 0 Å². The molecule has 0 saturated carbocycles. The molecule has 0 radical (unpaired) electrons. The molecule has 0 spiro atoms. The number of carbonyl (C=O) groups excluding carboxylic acids is 3. The van der Waals surface area contributed by atoms with E-state index in [1.165, 1.54) is 83.5 Å². The molecule has 0 fully saturated rings. The van der Waals surface area contributed by atoms with E-state index in [0.29, 0.717) is 19.3 Å². The van der Waals surface area contributed by atoms with Gasteiger partial charge in [0.1, 0.15) is 13.2 Å². The van der Waals surface area contributed by atoms with Crippen LogP contribution in [0.25, 0.3) is 0 Å². The molecule has 0 N–H and O–H groups in total. The van der Waals surface area contributed by atoms with Crippen LogP contribution in [0.5, 0.6) is 0 Å². The Morgan fingerprint density at radius 2 is 0.769 bits per heavy atom. The summed E-state index contributed by atoms with van der Waals surface area (Å²) in [5.41, 5.74) is 0. The Kier molecular flexibility index (Phi) is 39.1. The highest BCUT2D eigenvalue weighted by Gasteiger charge is 2.19. The Balaban J connectivity index is 4.45. The van der Waals surface area contributed by atoms with Crippen LogP contribution in [0.1, 0.15) is 207 Å². The molecule has 0 aliphatic carbocycles. The monoisotopic (exact) mass is 729 g/mol. The molecule has 0 heterocycles. The molecule has 0 amide bonds. The zero-order chi connectivity index (χ0) is 38.0. The van der Waals surface area contributed by atoms with Crippen molar-refractivity contribution in [1.29, 1.82) is 0 Å². The van der Waals surface area contributed by atoms with E-state index < -0.39 is 6.10 Å². The molecule has 0 aromatic rings.